The second kappa shape index (κ2) is 7.65. The number of hydrogen-bond donors (Lipinski definition) is 2. The van der Waals surface area contributed by atoms with Gasteiger partial charge >= 0.3 is 0 Å². The van der Waals surface area contributed by atoms with E-state index in [2.05, 4.69) is 16.5 Å². The number of aliphatic hydroxyl groups excluding tert-OH is 1. The molecule has 0 aliphatic rings. The fourth-order valence-electron chi connectivity index (χ4n) is 1.36. The Labute approximate surface area is 101 Å². The van der Waals surface area contributed by atoms with Crippen LogP contribution in [-0.4, -0.2) is 40.7 Å². The summed E-state index contributed by atoms with van der Waals surface area (Å²) < 4.78 is 6.90. The molecule has 0 spiro atoms. The first-order valence-electron chi connectivity index (χ1n) is 5.60. The molecule has 0 saturated carbocycles. The third-order valence-corrected chi connectivity index (χ3v) is 2.14. The smallest absolute Gasteiger partial charge is 0.0728 e. The van der Waals surface area contributed by atoms with Gasteiger partial charge in [0, 0.05) is 12.2 Å². The zero-order chi connectivity index (χ0) is 12.5. The standard InChI is InChI=1S/C11H18N4O2/c1-10(2-3-12)14-11-8-13-15(9-11)4-6-17-7-5-16/h8-10,14,16H,2,4-7H2,1H3. The first-order valence-corrected chi connectivity index (χ1v) is 5.60. The van der Waals surface area contributed by atoms with Crippen LogP contribution in [0.4, 0.5) is 5.69 Å². The van der Waals surface area contributed by atoms with E-state index in [9.17, 15) is 0 Å². The molecule has 0 amide bonds. The Balaban J connectivity index is 2.30. The summed E-state index contributed by atoms with van der Waals surface area (Å²) in [5, 5.41) is 24.4. The Kier molecular flexibility index (Phi) is 6.07. The summed E-state index contributed by atoms with van der Waals surface area (Å²) in [7, 11) is 0. The van der Waals surface area contributed by atoms with Crippen LogP contribution in [0.15, 0.2) is 12.4 Å². The fraction of sp³-hybridized carbons (Fsp3) is 0.636. The maximum atomic E-state index is 8.54. The first kappa shape index (κ1) is 13.5. The molecule has 94 valence electrons. The molecule has 6 heteroatoms. The Morgan fingerprint density at radius 2 is 2.47 bits per heavy atom. The number of anilines is 1. The summed E-state index contributed by atoms with van der Waals surface area (Å²) in [6.45, 7) is 3.51. The van der Waals surface area contributed by atoms with Gasteiger partial charge in [-0.05, 0) is 6.92 Å². The minimum atomic E-state index is 0.0393. The highest BCUT2D eigenvalue weighted by Crippen LogP contribution is 2.07. The van der Waals surface area contributed by atoms with Gasteiger partial charge in [0.05, 0.1) is 50.7 Å². The molecule has 17 heavy (non-hydrogen) atoms. The van der Waals surface area contributed by atoms with E-state index in [1.807, 2.05) is 13.1 Å². The monoisotopic (exact) mass is 238 g/mol. The van der Waals surface area contributed by atoms with Crippen molar-refractivity contribution in [2.75, 3.05) is 25.1 Å². The third kappa shape index (κ3) is 5.33. The quantitative estimate of drug-likeness (QED) is 0.648. The summed E-state index contributed by atoms with van der Waals surface area (Å²) in [5.41, 5.74) is 0.898. The molecule has 0 bridgehead atoms. The second-order valence-electron chi connectivity index (χ2n) is 3.74. The summed E-state index contributed by atoms with van der Waals surface area (Å²) in [6, 6.07) is 2.22. The number of nitriles is 1. The minimum absolute atomic E-state index is 0.0393. The SMILES string of the molecule is CC(CC#N)Nc1cnn(CCOCCO)c1. The molecular formula is C11H18N4O2. The summed E-state index contributed by atoms with van der Waals surface area (Å²) in [4.78, 5) is 0. The number of ether oxygens (including phenoxy) is 1. The van der Waals surface area contributed by atoms with Crippen LogP contribution in [0.2, 0.25) is 0 Å². The lowest BCUT2D eigenvalue weighted by Gasteiger charge is -2.08. The zero-order valence-electron chi connectivity index (χ0n) is 9.96. The van der Waals surface area contributed by atoms with Crippen LogP contribution in [0.3, 0.4) is 0 Å². The Morgan fingerprint density at radius 1 is 1.65 bits per heavy atom. The van der Waals surface area contributed by atoms with Crippen LogP contribution in [0.1, 0.15) is 13.3 Å². The first-order chi connectivity index (χ1) is 8.26. The Hall–Kier alpha value is -1.58. The number of nitrogens with one attached hydrogen (secondary N) is 1. The molecule has 0 aliphatic carbocycles. The minimum Gasteiger partial charge on any atom is -0.394 e. The van der Waals surface area contributed by atoms with Gasteiger partial charge in [0.25, 0.3) is 0 Å². The molecule has 0 fully saturated rings. The van der Waals surface area contributed by atoms with Gasteiger partial charge in [0.2, 0.25) is 0 Å². The lowest BCUT2D eigenvalue weighted by atomic mass is 10.2. The van der Waals surface area contributed by atoms with E-state index in [1.54, 1.807) is 10.9 Å². The maximum Gasteiger partial charge on any atom is 0.0728 e. The summed E-state index contributed by atoms with van der Waals surface area (Å²) in [6.07, 6.45) is 4.06. The van der Waals surface area contributed by atoms with Crippen LogP contribution in [-0.2, 0) is 11.3 Å². The number of hydrogen-bond acceptors (Lipinski definition) is 5. The van der Waals surface area contributed by atoms with Gasteiger partial charge < -0.3 is 15.2 Å². The molecule has 6 nitrogen and oxygen atoms in total. The topological polar surface area (TPSA) is 83.1 Å². The largest absolute Gasteiger partial charge is 0.394 e. The van der Waals surface area contributed by atoms with Crippen LogP contribution in [0, 0.1) is 11.3 Å². The molecule has 1 heterocycles. The molecule has 0 radical (unpaired) electrons. The van der Waals surface area contributed by atoms with Crippen molar-refractivity contribution in [1.82, 2.24) is 9.78 Å². The highest BCUT2D eigenvalue weighted by molar-refractivity contribution is 5.39. The molecule has 1 aromatic heterocycles. The predicted molar refractivity (Wildman–Crippen MR) is 63.4 cm³/mol. The van der Waals surface area contributed by atoms with Crippen LogP contribution < -0.4 is 5.32 Å². The number of nitrogens with zero attached hydrogens (tertiary/aromatic N) is 3. The van der Waals surface area contributed by atoms with Crippen LogP contribution in [0.5, 0.6) is 0 Å². The van der Waals surface area contributed by atoms with E-state index in [1.165, 1.54) is 0 Å². The second-order valence-corrected chi connectivity index (χ2v) is 3.74. The zero-order valence-corrected chi connectivity index (χ0v) is 9.96. The lowest BCUT2D eigenvalue weighted by molar-refractivity contribution is 0.0854. The number of rotatable bonds is 8. The highest BCUT2D eigenvalue weighted by Gasteiger charge is 2.03. The molecule has 2 N–H and O–H groups in total. The molecule has 1 unspecified atom stereocenters. The molecule has 1 aromatic rings. The van der Waals surface area contributed by atoms with Crippen molar-refractivity contribution in [2.24, 2.45) is 0 Å². The van der Waals surface area contributed by atoms with Crippen LogP contribution in [0.25, 0.3) is 0 Å². The van der Waals surface area contributed by atoms with Gasteiger partial charge in [-0.25, -0.2) is 0 Å². The maximum absolute atomic E-state index is 8.54. The van der Waals surface area contributed by atoms with Crippen molar-refractivity contribution in [3.8, 4) is 6.07 Å². The van der Waals surface area contributed by atoms with E-state index in [4.69, 9.17) is 15.1 Å². The van der Waals surface area contributed by atoms with Gasteiger partial charge in [0.1, 0.15) is 0 Å². The molecular weight excluding hydrogens is 220 g/mol. The van der Waals surface area contributed by atoms with Gasteiger partial charge in [-0.3, -0.25) is 4.68 Å². The van der Waals surface area contributed by atoms with Gasteiger partial charge in [-0.2, -0.15) is 10.4 Å². The average molecular weight is 238 g/mol. The predicted octanol–water partition coefficient (Wildman–Crippen LogP) is 0.606. The van der Waals surface area contributed by atoms with Crippen LogP contribution >= 0.6 is 0 Å². The van der Waals surface area contributed by atoms with E-state index >= 15 is 0 Å². The van der Waals surface area contributed by atoms with Crippen molar-refractivity contribution < 1.29 is 9.84 Å². The summed E-state index contributed by atoms with van der Waals surface area (Å²) in [5.74, 6) is 0. The Bertz CT molecular complexity index is 359. The van der Waals surface area contributed by atoms with Crippen molar-refractivity contribution in [3.05, 3.63) is 12.4 Å². The highest BCUT2D eigenvalue weighted by atomic mass is 16.5. The normalized spacial score (nSPS) is 12.1. The van der Waals surface area contributed by atoms with Gasteiger partial charge in [-0.1, -0.05) is 0 Å². The molecule has 0 saturated heterocycles. The van der Waals surface area contributed by atoms with E-state index in [0.717, 1.165) is 5.69 Å². The number of aliphatic hydroxyl groups is 1. The molecule has 1 rings (SSSR count). The van der Waals surface area contributed by atoms with Crippen molar-refractivity contribution in [1.29, 1.82) is 5.26 Å². The molecule has 0 aromatic carbocycles. The average Bonchev–Trinajstić information content (AvgIpc) is 2.72. The summed E-state index contributed by atoms with van der Waals surface area (Å²) >= 11 is 0. The lowest BCUT2D eigenvalue weighted by Crippen LogP contribution is -2.13. The third-order valence-electron chi connectivity index (χ3n) is 2.14. The van der Waals surface area contributed by atoms with Gasteiger partial charge in [0.15, 0.2) is 0 Å². The molecule has 0 aliphatic heterocycles. The van der Waals surface area contributed by atoms with E-state index in [-0.39, 0.29) is 12.6 Å². The van der Waals surface area contributed by atoms with Crippen molar-refractivity contribution in [2.45, 2.75) is 25.9 Å². The molecule has 1 atom stereocenters. The van der Waals surface area contributed by atoms with E-state index < -0.39 is 0 Å². The van der Waals surface area contributed by atoms with Crippen molar-refractivity contribution >= 4 is 5.69 Å². The van der Waals surface area contributed by atoms with Crippen molar-refractivity contribution in [3.63, 3.8) is 0 Å². The Morgan fingerprint density at radius 3 is 3.18 bits per heavy atom. The number of aromatic nitrogens is 2. The van der Waals surface area contributed by atoms with E-state index in [0.29, 0.717) is 26.2 Å². The van der Waals surface area contributed by atoms with Gasteiger partial charge in [-0.15, -0.1) is 0 Å². The fourth-order valence-corrected chi connectivity index (χ4v) is 1.36.